The molecule has 8 atom stereocenters. The SMILES string of the molecule is C=C(C)C(=O)OC1(C(C)C)C2CC3CC(C2)CC1C3.C=C(C)C(=O)OC12CC3CC(CC(O)(C3)C1)C2.C=C(C)C(=O)OC1CCOC1=O.C=C(C)C(=O)OCC(=O)OC1C2CC3C1OS(=O)(=O)C3C2.C=C(C)C(=O)OCC(=O)OCC(C)(F)F.C=C(C)C(=O)Oc1cc(=O)oc2ccccc12.c1ccc([S+](c2ccccc2)c2ccccc2)cc1. The minimum Gasteiger partial charge on any atom is -0.463 e. The number of aliphatic hydroxyl groups is 1. The fraction of sp³-hybridized carbons (Fsp3) is 0.478. The Balaban J connectivity index is 0.000000160. The Morgan fingerprint density at radius 3 is 1.49 bits per heavy atom. The highest BCUT2D eigenvalue weighted by Gasteiger charge is 2.66. The van der Waals surface area contributed by atoms with Gasteiger partial charge in [0.25, 0.3) is 16.0 Å². The molecule has 0 amide bonds. The van der Waals surface area contributed by atoms with Gasteiger partial charge in [0, 0.05) is 65.0 Å². The number of rotatable bonds is 21. The van der Waals surface area contributed by atoms with Crippen molar-refractivity contribution >= 4 is 85.7 Å². The van der Waals surface area contributed by atoms with Crippen molar-refractivity contribution in [3.05, 3.63) is 205 Å². The van der Waals surface area contributed by atoms with Crippen LogP contribution in [0.2, 0.25) is 0 Å². The highest BCUT2D eigenvalue weighted by atomic mass is 32.2. The van der Waals surface area contributed by atoms with Gasteiger partial charge < -0.3 is 52.2 Å². The summed E-state index contributed by atoms with van der Waals surface area (Å²) in [5, 5.41) is 10.6. The maximum Gasteiger partial charge on any atom is 0.347 e. The topological polar surface area (TPSA) is 331 Å². The molecule has 10 bridgehead atoms. The first-order valence-corrected chi connectivity index (χ1v) is 42.8. The maximum absolute atomic E-state index is 12.2. The van der Waals surface area contributed by atoms with Crippen LogP contribution in [0.1, 0.15) is 152 Å². The van der Waals surface area contributed by atoms with Crippen molar-refractivity contribution in [3.8, 4) is 5.75 Å². The predicted molar refractivity (Wildman–Crippen MR) is 440 cm³/mol. The Morgan fingerprint density at radius 1 is 0.567 bits per heavy atom. The molecule has 28 heteroatoms. The lowest BCUT2D eigenvalue weighted by atomic mass is 9.47. The van der Waals surface area contributed by atoms with Crippen LogP contribution in [0.15, 0.2) is 218 Å². The normalized spacial score (nSPS) is 26.9. The Labute approximate surface area is 701 Å². The van der Waals surface area contributed by atoms with E-state index in [1.54, 1.807) is 38.1 Å². The summed E-state index contributed by atoms with van der Waals surface area (Å²) >= 11 is 0. The molecular weight excluding hydrogens is 1590 g/mol. The van der Waals surface area contributed by atoms with Crippen LogP contribution in [-0.2, 0) is 106 Å². The zero-order valence-corrected chi connectivity index (χ0v) is 71.1. The molecule has 12 fully saturated rings. The summed E-state index contributed by atoms with van der Waals surface area (Å²) in [6.07, 6.45) is 11.7. The quantitative estimate of drug-likeness (QED) is 0.0178. The summed E-state index contributed by atoms with van der Waals surface area (Å²) in [6.45, 7) is 33.5. The molecule has 10 aliphatic carbocycles. The number of ether oxygens (including phenoxy) is 9. The molecule has 4 aromatic carbocycles. The monoisotopic (exact) mass is 1700 g/mol. The molecule has 3 heterocycles. The highest BCUT2D eigenvalue weighted by Crippen LogP contribution is 2.63. The summed E-state index contributed by atoms with van der Waals surface area (Å²) in [4.78, 5) is 117. The van der Waals surface area contributed by atoms with Gasteiger partial charge in [-0.25, -0.2) is 56.7 Å². The van der Waals surface area contributed by atoms with Gasteiger partial charge in [0.05, 0.1) is 39.8 Å². The van der Waals surface area contributed by atoms with Crippen LogP contribution in [0.3, 0.4) is 0 Å². The van der Waals surface area contributed by atoms with Gasteiger partial charge in [-0.05, 0) is 209 Å². The van der Waals surface area contributed by atoms with Crippen LogP contribution in [0.4, 0.5) is 8.78 Å². The molecule has 1 N–H and O–H groups in total. The third kappa shape index (κ3) is 24.6. The Hall–Kier alpha value is -10.2. The summed E-state index contributed by atoms with van der Waals surface area (Å²) in [7, 11) is -3.54. The Kier molecular flexibility index (Phi) is 31.6. The first kappa shape index (κ1) is 93.7. The summed E-state index contributed by atoms with van der Waals surface area (Å²) in [5.41, 5.74) is 0.494. The van der Waals surface area contributed by atoms with E-state index in [1.807, 2.05) is 0 Å². The minimum absolute atomic E-state index is 0.00284. The second kappa shape index (κ2) is 40.5. The van der Waals surface area contributed by atoms with Crippen LogP contribution in [-0.4, -0.2) is 140 Å². The van der Waals surface area contributed by atoms with Crippen LogP contribution >= 0.6 is 0 Å². The lowest BCUT2D eigenvalue weighted by Gasteiger charge is -2.61. The largest absolute Gasteiger partial charge is 0.463 e. The van der Waals surface area contributed by atoms with E-state index in [0.29, 0.717) is 90.9 Å². The van der Waals surface area contributed by atoms with Gasteiger partial charge in [-0.1, -0.05) is 120 Å². The standard InChI is InChI=1S/C18H15S.C17H26O2.C14H20O3.C13H16O7S.C13H10O4.C9H12F2O4.C8H10O4/c1-4-10-16(11-5-1)19(17-12-6-2-7-13-17)18-14-8-3-9-15-18;1-10(2)16(18)19-17(11(3)4)14-6-12-5-13(8-14)9-15(17)7-12;1-9(2)12(15)17-14-6-10-3-11(7-14)5-13(16,4-10)8-14;1-6(2)13(15)18-5-10(14)19-11-7-3-8-9(4-7)21(16,17)20-12(8)11;1-8(2)13(15)17-11-7-12(14)16-10-6-4-3-5-9(10)11;1-6(2)8(13)14-4-7(12)15-5-9(3,10)11;1-5(2)7(9)12-6-3-4-11-8(6)10/h1-15H;11-15H,1,5-9H2,2-4H3;10-11,16H,1,3-8H2,2H3;7-9,11-12H,1,3-5H2,2H3;3-7H,1H2,2H3;1,4-5H2,2-3H3;6H,1,3-4H2,2H3/q+1;;;;;;. The average molecular weight is 1700 g/mol. The van der Waals surface area contributed by atoms with E-state index >= 15 is 0 Å². The molecule has 120 heavy (non-hydrogen) atoms. The first-order valence-electron chi connectivity index (χ1n) is 40.1. The molecule has 646 valence electrons. The Morgan fingerprint density at radius 2 is 1.03 bits per heavy atom. The molecule has 2 saturated heterocycles. The van der Waals surface area contributed by atoms with Gasteiger partial charge in [0.1, 0.15) is 34.7 Å². The zero-order chi connectivity index (χ0) is 87.9. The lowest BCUT2D eigenvalue weighted by Crippen LogP contribution is -2.62. The minimum atomic E-state index is -3.53. The number of hydrogen-bond acceptors (Lipinski definition) is 24. The van der Waals surface area contributed by atoms with Crippen molar-refractivity contribution in [1.29, 1.82) is 0 Å². The van der Waals surface area contributed by atoms with Gasteiger partial charge in [-0.2, -0.15) is 8.42 Å². The van der Waals surface area contributed by atoms with Crippen molar-refractivity contribution in [1.82, 2.24) is 0 Å². The van der Waals surface area contributed by atoms with Crippen LogP contribution in [0.25, 0.3) is 11.0 Å². The van der Waals surface area contributed by atoms with Crippen LogP contribution in [0.5, 0.6) is 5.75 Å². The predicted octanol–water partition coefficient (Wildman–Crippen LogP) is 15.1. The fourth-order valence-electron chi connectivity index (χ4n) is 18.1. The number of hydrogen-bond donors (Lipinski definition) is 1. The van der Waals surface area contributed by atoms with Gasteiger partial charge in [-0.15, -0.1) is 0 Å². The molecule has 0 spiro atoms. The summed E-state index contributed by atoms with van der Waals surface area (Å²) in [5.74, 6) is -3.73. The third-order valence-corrected chi connectivity index (χ3v) is 26.7. The van der Waals surface area contributed by atoms with Crippen molar-refractivity contribution in [2.24, 2.45) is 53.3 Å². The number of halogens is 2. The number of fused-ring (bicyclic) bond motifs is 2. The molecule has 17 rings (SSSR count). The van der Waals surface area contributed by atoms with Gasteiger partial charge in [-0.3, -0.25) is 4.18 Å². The molecule has 2 aliphatic heterocycles. The van der Waals surface area contributed by atoms with Gasteiger partial charge in [0.2, 0.25) is 6.10 Å². The highest BCUT2D eigenvalue weighted by molar-refractivity contribution is 7.97. The Bertz CT molecular complexity index is 4700. The summed E-state index contributed by atoms with van der Waals surface area (Å²) in [6, 6.07) is 40.1. The second-order valence-corrected chi connectivity index (χ2v) is 37.2. The smallest absolute Gasteiger partial charge is 0.347 e. The number of esters is 9. The van der Waals surface area contributed by atoms with E-state index in [-0.39, 0.29) is 68.3 Å². The lowest BCUT2D eigenvalue weighted by molar-refractivity contribution is -0.221. The van der Waals surface area contributed by atoms with E-state index in [9.17, 15) is 70.3 Å². The number of para-hydroxylation sites is 1. The average Bonchev–Trinajstić information content (AvgIpc) is 1.42. The van der Waals surface area contributed by atoms with E-state index in [4.69, 9.17) is 37.0 Å². The van der Waals surface area contributed by atoms with E-state index in [1.165, 1.54) is 80.9 Å². The van der Waals surface area contributed by atoms with Crippen LogP contribution < -0.4 is 10.4 Å². The van der Waals surface area contributed by atoms with Crippen molar-refractivity contribution in [2.75, 3.05) is 26.4 Å². The first-order chi connectivity index (χ1) is 56.5. The summed E-state index contributed by atoms with van der Waals surface area (Å²) < 4.78 is 103. The molecule has 8 unspecified atom stereocenters. The van der Waals surface area contributed by atoms with Crippen LogP contribution in [0, 0.1) is 53.3 Å². The molecule has 0 radical (unpaired) electrons. The molecule has 24 nitrogen and oxygen atoms in total. The van der Waals surface area contributed by atoms with E-state index in [0.717, 1.165) is 43.6 Å². The molecule has 10 saturated carbocycles. The van der Waals surface area contributed by atoms with Crippen molar-refractivity contribution < 1.29 is 117 Å². The van der Waals surface area contributed by atoms with Gasteiger partial charge >= 0.3 is 59.3 Å². The number of carbonyl (C=O) groups excluding carboxylic acids is 9. The van der Waals surface area contributed by atoms with E-state index < -0.39 is 118 Å². The number of carbonyl (C=O) groups is 9. The number of alkyl halides is 2. The fourth-order valence-corrected chi connectivity index (χ4v) is 22.1. The third-order valence-electron chi connectivity index (χ3n) is 22.7. The van der Waals surface area contributed by atoms with Crippen molar-refractivity contribution in [2.45, 2.75) is 213 Å². The van der Waals surface area contributed by atoms with Crippen molar-refractivity contribution in [3.63, 3.8) is 0 Å². The zero-order valence-electron chi connectivity index (χ0n) is 69.4. The molecular formula is C92H109F2O24S2+. The number of cyclic esters (lactones) is 1. The molecule has 5 aromatic rings. The van der Waals surface area contributed by atoms with E-state index in [2.05, 4.69) is 159 Å². The maximum atomic E-state index is 12.2. The molecule has 1 aromatic heterocycles. The molecule has 12 aliphatic rings. The number of benzene rings is 4. The van der Waals surface area contributed by atoms with Gasteiger partial charge in [0.15, 0.2) is 34.5 Å². The second-order valence-electron chi connectivity index (χ2n) is 33.4.